The van der Waals surface area contributed by atoms with Crippen molar-refractivity contribution in [2.75, 3.05) is 11.9 Å². The molecule has 1 amide bonds. The van der Waals surface area contributed by atoms with Gasteiger partial charge >= 0.3 is 0 Å². The third-order valence-electron chi connectivity index (χ3n) is 3.25. The Hall–Kier alpha value is -2.49. The number of benzene rings is 2. The third kappa shape index (κ3) is 6.02. The number of carbonyl (C=O) groups is 1. The van der Waals surface area contributed by atoms with Crippen molar-refractivity contribution in [2.45, 2.75) is 33.4 Å². The number of carbonyl (C=O) groups excluding carboxylic acids is 1. The molecule has 2 rings (SSSR count). The fraction of sp³-hybridized carbons (Fsp3) is 0.316. The van der Waals surface area contributed by atoms with Crippen LogP contribution >= 0.6 is 0 Å². The van der Waals surface area contributed by atoms with Crippen molar-refractivity contribution in [1.82, 2.24) is 5.32 Å². The van der Waals surface area contributed by atoms with Crippen molar-refractivity contribution in [3.05, 3.63) is 59.7 Å². The SMILES string of the molecule is Cc1cccc(CNC(=O)CNc2ccc(OC(C)C)cc2)c1. The van der Waals surface area contributed by atoms with Crippen molar-refractivity contribution in [3.8, 4) is 5.75 Å². The maximum Gasteiger partial charge on any atom is 0.239 e. The van der Waals surface area contributed by atoms with Gasteiger partial charge in [-0.1, -0.05) is 29.8 Å². The van der Waals surface area contributed by atoms with E-state index in [1.165, 1.54) is 5.56 Å². The van der Waals surface area contributed by atoms with Gasteiger partial charge in [-0.2, -0.15) is 0 Å². The molecule has 0 aromatic heterocycles. The van der Waals surface area contributed by atoms with E-state index >= 15 is 0 Å². The zero-order chi connectivity index (χ0) is 16.7. The molecule has 4 nitrogen and oxygen atoms in total. The number of rotatable bonds is 7. The van der Waals surface area contributed by atoms with E-state index in [-0.39, 0.29) is 18.6 Å². The average molecular weight is 312 g/mol. The summed E-state index contributed by atoms with van der Waals surface area (Å²) in [5.41, 5.74) is 3.19. The fourth-order valence-corrected chi connectivity index (χ4v) is 2.19. The number of ether oxygens (including phenoxy) is 1. The van der Waals surface area contributed by atoms with Crippen LogP contribution in [0.2, 0.25) is 0 Å². The van der Waals surface area contributed by atoms with Crippen LogP contribution in [0.1, 0.15) is 25.0 Å². The highest BCUT2D eigenvalue weighted by Crippen LogP contribution is 2.16. The van der Waals surface area contributed by atoms with E-state index in [9.17, 15) is 4.79 Å². The molecule has 0 saturated carbocycles. The lowest BCUT2D eigenvalue weighted by Gasteiger charge is -2.11. The van der Waals surface area contributed by atoms with E-state index in [0.717, 1.165) is 17.0 Å². The minimum Gasteiger partial charge on any atom is -0.491 e. The van der Waals surface area contributed by atoms with Gasteiger partial charge in [-0.25, -0.2) is 0 Å². The lowest BCUT2D eigenvalue weighted by atomic mass is 10.1. The standard InChI is InChI=1S/C19H24N2O2/c1-14(2)23-18-9-7-17(8-10-18)20-13-19(22)21-12-16-6-4-5-15(3)11-16/h4-11,14,20H,12-13H2,1-3H3,(H,21,22). The minimum atomic E-state index is -0.0333. The summed E-state index contributed by atoms with van der Waals surface area (Å²) in [6.45, 7) is 6.81. The van der Waals surface area contributed by atoms with Gasteiger partial charge in [0.05, 0.1) is 12.6 Å². The van der Waals surface area contributed by atoms with Gasteiger partial charge in [-0.05, 0) is 50.6 Å². The zero-order valence-electron chi connectivity index (χ0n) is 13.9. The lowest BCUT2D eigenvalue weighted by Crippen LogP contribution is -2.29. The first-order valence-corrected chi connectivity index (χ1v) is 7.86. The molecule has 0 bridgehead atoms. The summed E-state index contributed by atoms with van der Waals surface area (Å²) < 4.78 is 5.58. The molecule has 0 radical (unpaired) electrons. The second-order valence-corrected chi connectivity index (χ2v) is 5.81. The van der Waals surface area contributed by atoms with E-state index in [1.807, 2.05) is 63.2 Å². The maximum atomic E-state index is 11.9. The van der Waals surface area contributed by atoms with Crippen LogP contribution < -0.4 is 15.4 Å². The summed E-state index contributed by atoms with van der Waals surface area (Å²) in [4.78, 5) is 11.9. The van der Waals surface area contributed by atoms with Crippen molar-refractivity contribution in [2.24, 2.45) is 0 Å². The number of aryl methyl sites for hydroxylation is 1. The van der Waals surface area contributed by atoms with E-state index < -0.39 is 0 Å². The van der Waals surface area contributed by atoms with Crippen molar-refractivity contribution in [1.29, 1.82) is 0 Å². The van der Waals surface area contributed by atoms with Crippen LogP contribution in [-0.4, -0.2) is 18.6 Å². The van der Waals surface area contributed by atoms with Gasteiger partial charge in [0.15, 0.2) is 0 Å². The van der Waals surface area contributed by atoms with Crippen LogP contribution in [0.15, 0.2) is 48.5 Å². The Balaban J connectivity index is 1.75. The van der Waals surface area contributed by atoms with Gasteiger partial charge in [-0.15, -0.1) is 0 Å². The summed E-state index contributed by atoms with van der Waals surface area (Å²) in [5, 5.41) is 6.01. The van der Waals surface area contributed by atoms with E-state index in [4.69, 9.17) is 4.74 Å². The van der Waals surface area contributed by atoms with Gasteiger partial charge in [-0.3, -0.25) is 4.79 Å². The van der Waals surface area contributed by atoms with Gasteiger partial charge in [0, 0.05) is 12.2 Å². The summed E-state index contributed by atoms with van der Waals surface area (Å²) >= 11 is 0. The predicted molar refractivity (Wildman–Crippen MR) is 93.7 cm³/mol. The van der Waals surface area contributed by atoms with Gasteiger partial charge in [0.2, 0.25) is 5.91 Å². The molecule has 0 saturated heterocycles. The molecular weight excluding hydrogens is 288 g/mol. The van der Waals surface area contributed by atoms with E-state index in [0.29, 0.717) is 6.54 Å². The van der Waals surface area contributed by atoms with Crippen LogP contribution in [0.25, 0.3) is 0 Å². The molecule has 23 heavy (non-hydrogen) atoms. The normalized spacial score (nSPS) is 10.4. The average Bonchev–Trinajstić information content (AvgIpc) is 2.52. The van der Waals surface area contributed by atoms with Gasteiger partial charge in [0.1, 0.15) is 5.75 Å². The predicted octanol–water partition coefficient (Wildman–Crippen LogP) is 3.51. The highest BCUT2D eigenvalue weighted by molar-refractivity contribution is 5.80. The molecule has 0 aliphatic rings. The topological polar surface area (TPSA) is 50.4 Å². The molecule has 0 atom stereocenters. The third-order valence-corrected chi connectivity index (χ3v) is 3.25. The highest BCUT2D eigenvalue weighted by Gasteiger charge is 2.02. The first-order chi connectivity index (χ1) is 11.0. The van der Waals surface area contributed by atoms with Crippen LogP contribution in [-0.2, 0) is 11.3 Å². The Morgan fingerprint density at radius 1 is 1.13 bits per heavy atom. The Bertz CT molecular complexity index is 636. The molecule has 0 fully saturated rings. The second-order valence-electron chi connectivity index (χ2n) is 5.81. The number of nitrogens with one attached hydrogen (secondary N) is 2. The van der Waals surface area contributed by atoms with Gasteiger partial charge < -0.3 is 15.4 Å². The Morgan fingerprint density at radius 3 is 2.52 bits per heavy atom. The lowest BCUT2D eigenvalue weighted by molar-refractivity contribution is -0.119. The van der Waals surface area contributed by atoms with Gasteiger partial charge in [0.25, 0.3) is 0 Å². The van der Waals surface area contributed by atoms with Crippen LogP contribution in [0.3, 0.4) is 0 Å². The zero-order valence-corrected chi connectivity index (χ0v) is 13.9. The minimum absolute atomic E-state index is 0.0333. The van der Waals surface area contributed by atoms with Crippen molar-refractivity contribution >= 4 is 11.6 Å². The largest absolute Gasteiger partial charge is 0.491 e. The summed E-state index contributed by atoms with van der Waals surface area (Å²) in [6.07, 6.45) is 0.154. The first-order valence-electron chi connectivity index (χ1n) is 7.86. The molecule has 2 aromatic carbocycles. The number of anilines is 1. The van der Waals surface area contributed by atoms with Crippen molar-refractivity contribution < 1.29 is 9.53 Å². The fourth-order valence-electron chi connectivity index (χ4n) is 2.19. The molecule has 0 aliphatic carbocycles. The number of amides is 1. The number of hydrogen-bond donors (Lipinski definition) is 2. The summed E-state index contributed by atoms with van der Waals surface area (Å²) in [5.74, 6) is 0.795. The first kappa shape index (κ1) is 16.9. The number of hydrogen-bond acceptors (Lipinski definition) is 3. The molecule has 2 aromatic rings. The molecular formula is C19H24N2O2. The highest BCUT2D eigenvalue weighted by atomic mass is 16.5. The van der Waals surface area contributed by atoms with Crippen molar-refractivity contribution in [3.63, 3.8) is 0 Å². The Labute approximate surface area is 137 Å². The summed E-state index contributed by atoms with van der Waals surface area (Å²) in [7, 11) is 0. The van der Waals surface area contributed by atoms with Crippen LogP contribution in [0.4, 0.5) is 5.69 Å². The molecule has 0 spiro atoms. The molecule has 0 heterocycles. The van der Waals surface area contributed by atoms with E-state index in [2.05, 4.69) is 16.7 Å². The maximum absolute atomic E-state index is 11.9. The molecule has 0 aliphatic heterocycles. The second kappa shape index (κ2) is 8.22. The molecule has 2 N–H and O–H groups in total. The Kier molecular flexibility index (Phi) is 6.03. The van der Waals surface area contributed by atoms with E-state index in [1.54, 1.807) is 0 Å². The van der Waals surface area contributed by atoms with Crippen LogP contribution in [0, 0.1) is 6.92 Å². The smallest absolute Gasteiger partial charge is 0.239 e. The molecule has 0 unspecified atom stereocenters. The quantitative estimate of drug-likeness (QED) is 0.822. The Morgan fingerprint density at radius 2 is 1.87 bits per heavy atom. The van der Waals surface area contributed by atoms with Crippen LogP contribution in [0.5, 0.6) is 5.75 Å². The molecule has 4 heteroatoms. The monoisotopic (exact) mass is 312 g/mol. The molecule has 122 valence electrons. The summed E-state index contributed by atoms with van der Waals surface area (Å²) in [6, 6.07) is 15.7.